The second kappa shape index (κ2) is 8.29. The first-order chi connectivity index (χ1) is 13.0. The minimum atomic E-state index is 0.164. The maximum Gasteiger partial charge on any atom is 0.224 e. The Morgan fingerprint density at radius 3 is 2.52 bits per heavy atom. The van der Waals surface area contributed by atoms with Gasteiger partial charge in [-0.2, -0.15) is 0 Å². The summed E-state index contributed by atoms with van der Waals surface area (Å²) in [5.74, 6) is 0.689. The maximum atomic E-state index is 12.7. The smallest absolute Gasteiger partial charge is 0.224 e. The van der Waals surface area contributed by atoms with E-state index in [1.54, 1.807) is 0 Å². The normalized spacial score (nSPS) is 33.8. The Kier molecular flexibility index (Phi) is 5.81. The summed E-state index contributed by atoms with van der Waals surface area (Å²) >= 11 is 0. The molecule has 3 fully saturated rings. The van der Waals surface area contributed by atoms with Crippen molar-refractivity contribution in [2.24, 2.45) is 5.92 Å². The number of amides is 1. The van der Waals surface area contributed by atoms with Crippen LogP contribution >= 0.6 is 0 Å². The zero-order valence-electron chi connectivity index (χ0n) is 16.6. The summed E-state index contributed by atoms with van der Waals surface area (Å²) in [6.45, 7) is 6.98. The van der Waals surface area contributed by atoms with Crippen LogP contribution in [0.4, 0.5) is 5.69 Å². The van der Waals surface area contributed by atoms with E-state index in [0.717, 1.165) is 38.2 Å². The predicted molar refractivity (Wildman–Crippen MR) is 108 cm³/mol. The molecular formula is C22H33N3O2. The minimum Gasteiger partial charge on any atom is -0.373 e. The molecule has 148 valence electrons. The lowest BCUT2D eigenvalue weighted by atomic mass is 9.89. The molecule has 27 heavy (non-hydrogen) atoms. The Morgan fingerprint density at radius 2 is 1.81 bits per heavy atom. The Hall–Kier alpha value is -1.43. The number of piperidine rings is 1. The molecule has 2 bridgehead atoms. The van der Waals surface area contributed by atoms with Gasteiger partial charge in [-0.1, -0.05) is 18.2 Å². The first kappa shape index (κ1) is 18.9. The highest BCUT2D eigenvalue weighted by Gasteiger charge is 2.34. The molecule has 3 aliphatic rings. The summed E-state index contributed by atoms with van der Waals surface area (Å²) in [6.07, 6.45) is 6.01. The molecule has 3 saturated heterocycles. The van der Waals surface area contributed by atoms with Crippen molar-refractivity contribution in [2.45, 2.75) is 76.8 Å². The zero-order valence-corrected chi connectivity index (χ0v) is 16.6. The van der Waals surface area contributed by atoms with Crippen molar-refractivity contribution in [2.75, 3.05) is 18.4 Å². The molecule has 2 N–H and O–H groups in total. The molecule has 4 unspecified atom stereocenters. The molecule has 3 aliphatic heterocycles. The Bertz CT molecular complexity index is 643. The molecule has 1 aromatic rings. The van der Waals surface area contributed by atoms with Gasteiger partial charge in [-0.3, -0.25) is 9.69 Å². The van der Waals surface area contributed by atoms with Crippen molar-refractivity contribution >= 4 is 11.6 Å². The number of rotatable bonds is 5. The molecule has 4 atom stereocenters. The molecule has 0 radical (unpaired) electrons. The van der Waals surface area contributed by atoms with E-state index in [0.29, 0.717) is 24.4 Å². The van der Waals surface area contributed by atoms with Crippen molar-refractivity contribution in [3.8, 4) is 0 Å². The van der Waals surface area contributed by atoms with E-state index in [1.807, 2.05) is 12.1 Å². The summed E-state index contributed by atoms with van der Waals surface area (Å²) in [5, 5.41) is 6.86. The monoisotopic (exact) mass is 371 g/mol. The van der Waals surface area contributed by atoms with Crippen LogP contribution in [0.1, 0.15) is 51.5 Å². The molecular weight excluding hydrogens is 338 g/mol. The Balaban J connectivity index is 1.35. The van der Waals surface area contributed by atoms with E-state index in [9.17, 15) is 4.79 Å². The number of hydrogen-bond donors (Lipinski definition) is 2. The number of ether oxygens (including phenoxy) is 1. The van der Waals surface area contributed by atoms with Crippen molar-refractivity contribution < 1.29 is 9.53 Å². The van der Waals surface area contributed by atoms with Crippen LogP contribution in [0.15, 0.2) is 24.3 Å². The molecule has 1 aromatic carbocycles. The highest BCUT2D eigenvalue weighted by molar-refractivity contribution is 5.91. The highest BCUT2D eigenvalue weighted by Crippen LogP contribution is 2.33. The van der Waals surface area contributed by atoms with Crippen molar-refractivity contribution in [3.63, 3.8) is 0 Å². The molecule has 4 rings (SSSR count). The van der Waals surface area contributed by atoms with Crippen LogP contribution in [0.2, 0.25) is 0 Å². The van der Waals surface area contributed by atoms with Gasteiger partial charge in [0.2, 0.25) is 5.91 Å². The molecule has 0 spiro atoms. The van der Waals surface area contributed by atoms with Gasteiger partial charge in [0.1, 0.15) is 0 Å². The lowest BCUT2D eigenvalue weighted by Gasteiger charge is -2.35. The van der Waals surface area contributed by atoms with Gasteiger partial charge in [-0.25, -0.2) is 0 Å². The van der Waals surface area contributed by atoms with Crippen molar-refractivity contribution in [1.82, 2.24) is 10.2 Å². The lowest BCUT2D eigenvalue weighted by Crippen LogP contribution is -2.44. The fourth-order valence-electron chi connectivity index (χ4n) is 5.24. The third kappa shape index (κ3) is 4.89. The van der Waals surface area contributed by atoms with Crippen LogP contribution in [0.25, 0.3) is 0 Å². The molecule has 1 amide bonds. The third-order valence-corrected chi connectivity index (χ3v) is 6.23. The Morgan fingerprint density at radius 1 is 1.15 bits per heavy atom. The van der Waals surface area contributed by atoms with Crippen LogP contribution in [0.3, 0.4) is 0 Å². The van der Waals surface area contributed by atoms with Crippen LogP contribution in [-0.4, -0.2) is 48.2 Å². The van der Waals surface area contributed by atoms with Gasteiger partial charge in [-0.05, 0) is 57.1 Å². The number of hydrogen-bond acceptors (Lipinski definition) is 4. The summed E-state index contributed by atoms with van der Waals surface area (Å²) < 4.78 is 5.84. The fraction of sp³-hybridized carbons (Fsp3) is 0.682. The molecule has 3 heterocycles. The maximum absolute atomic E-state index is 12.7. The second-order valence-electron chi connectivity index (χ2n) is 8.84. The predicted octanol–water partition coefficient (Wildman–Crippen LogP) is 3.16. The molecule has 0 saturated carbocycles. The number of benzene rings is 1. The lowest BCUT2D eigenvalue weighted by molar-refractivity contribution is -0.117. The van der Waals surface area contributed by atoms with Crippen LogP contribution < -0.4 is 10.6 Å². The number of carbonyl (C=O) groups excluding carboxylic acids is 1. The van der Waals surface area contributed by atoms with E-state index in [-0.39, 0.29) is 18.1 Å². The second-order valence-corrected chi connectivity index (χ2v) is 8.84. The van der Waals surface area contributed by atoms with E-state index >= 15 is 0 Å². The van der Waals surface area contributed by atoms with Gasteiger partial charge in [-0.15, -0.1) is 0 Å². The van der Waals surface area contributed by atoms with E-state index in [4.69, 9.17) is 4.74 Å². The number of para-hydroxylation sites is 1. The van der Waals surface area contributed by atoms with Crippen molar-refractivity contribution in [1.29, 1.82) is 0 Å². The zero-order chi connectivity index (χ0) is 18.8. The summed E-state index contributed by atoms with van der Waals surface area (Å²) in [5.41, 5.74) is 2.16. The third-order valence-electron chi connectivity index (χ3n) is 6.23. The minimum absolute atomic E-state index is 0.164. The fourth-order valence-corrected chi connectivity index (χ4v) is 5.24. The molecule has 0 aliphatic carbocycles. The van der Waals surface area contributed by atoms with E-state index in [2.05, 4.69) is 41.5 Å². The average Bonchev–Trinajstić information content (AvgIpc) is 2.94. The standard InChI is InChI=1S/C22H33N3O2/c1-15-12-25(13-16(2)27-15)14-18-5-3-4-6-21(18)24-22(26)11-17-9-19-7-8-20(10-17)23-19/h3-6,15-17,19-20,23H,7-14H2,1-2H3,(H,24,26). The first-order valence-electron chi connectivity index (χ1n) is 10.6. The molecule has 5 heteroatoms. The number of anilines is 1. The first-order valence-corrected chi connectivity index (χ1v) is 10.6. The largest absolute Gasteiger partial charge is 0.373 e. The number of morpholine rings is 1. The highest BCUT2D eigenvalue weighted by atomic mass is 16.5. The van der Waals surface area contributed by atoms with Gasteiger partial charge in [0.25, 0.3) is 0 Å². The number of carbonyl (C=O) groups is 1. The van der Waals surface area contributed by atoms with E-state index < -0.39 is 0 Å². The van der Waals surface area contributed by atoms with Gasteiger partial charge in [0, 0.05) is 43.8 Å². The SMILES string of the molecule is CC1CN(Cc2ccccc2NC(=O)CC2CC3CCC(C2)N3)CC(C)O1. The van der Waals surface area contributed by atoms with E-state index in [1.165, 1.54) is 18.4 Å². The number of nitrogens with one attached hydrogen (secondary N) is 2. The van der Waals surface area contributed by atoms with Gasteiger partial charge in [0.15, 0.2) is 0 Å². The van der Waals surface area contributed by atoms with Gasteiger partial charge >= 0.3 is 0 Å². The van der Waals surface area contributed by atoms with Gasteiger partial charge < -0.3 is 15.4 Å². The van der Waals surface area contributed by atoms with Crippen LogP contribution in [-0.2, 0) is 16.1 Å². The quantitative estimate of drug-likeness (QED) is 0.835. The molecule has 5 nitrogen and oxygen atoms in total. The summed E-state index contributed by atoms with van der Waals surface area (Å²) in [6, 6.07) is 9.51. The Labute approximate surface area is 162 Å². The topological polar surface area (TPSA) is 53.6 Å². The van der Waals surface area contributed by atoms with Crippen LogP contribution in [0, 0.1) is 5.92 Å². The average molecular weight is 372 g/mol. The number of nitrogens with zero attached hydrogens (tertiary/aromatic N) is 1. The van der Waals surface area contributed by atoms with Crippen LogP contribution in [0.5, 0.6) is 0 Å². The summed E-state index contributed by atoms with van der Waals surface area (Å²) in [7, 11) is 0. The van der Waals surface area contributed by atoms with Crippen molar-refractivity contribution in [3.05, 3.63) is 29.8 Å². The molecule has 0 aromatic heterocycles. The summed E-state index contributed by atoms with van der Waals surface area (Å²) in [4.78, 5) is 15.1. The van der Waals surface area contributed by atoms with Gasteiger partial charge in [0.05, 0.1) is 12.2 Å². The number of fused-ring (bicyclic) bond motifs is 2.